The fourth-order valence-corrected chi connectivity index (χ4v) is 1.35. The van der Waals surface area contributed by atoms with E-state index in [4.69, 9.17) is 5.11 Å². The molecule has 0 spiro atoms. The van der Waals surface area contributed by atoms with Crippen LogP contribution in [0, 0.1) is 11.5 Å². The predicted molar refractivity (Wildman–Crippen MR) is 101 cm³/mol. The number of hydrogen-bond donors (Lipinski definition) is 1. The Balaban J connectivity index is -0.000000114. The van der Waals surface area contributed by atoms with Gasteiger partial charge in [0.25, 0.3) is 0 Å². The van der Waals surface area contributed by atoms with Crippen molar-refractivity contribution in [3.05, 3.63) is 54.1 Å². The third kappa shape index (κ3) is 16.4. The van der Waals surface area contributed by atoms with Gasteiger partial charge < -0.3 is 5.11 Å². The second-order valence-electron chi connectivity index (χ2n) is 5.36. The Morgan fingerprint density at radius 1 is 1.05 bits per heavy atom. The van der Waals surface area contributed by atoms with Crippen molar-refractivity contribution >= 4 is 34.3 Å². The van der Waals surface area contributed by atoms with Crippen LogP contribution in [0.4, 0.5) is 0 Å². The molecule has 1 aliphatic carbocycles. The molecule has 1 N–H and O–H groups in total. The fraction of sp³-hybridized carbons (Fsp3) is 0.412. The number of allylic oxidation sites excluding steroid dienone is 4. The van der Waals surface area contributed by atoms with Gasteiger partial charge in [-0.05, 0) is 17.5 Å². The van der Waals surface area contributed by atoms with Gasteiger partial charge in [-0.2, -0.15) is 6.08 Å². The Kier molecular flexibility index (Phi) is 23.6. The molecule has 1 nitrogen and oxygen atoms in total. The zero-order chi connectivity index (χ0) is 14.7. The van der Waals surface area contributed by atoms with Crippen LogP contribution in [0.5, 0.6) is 5.75 Å². The van der Waals surface area contributed by atoms with Crippen LogP contribution >= 0.6 is 24.8 Å². The van der Waals surface area contributed by atoms with Crippen LogP contribution in [0.2, 0.25) is 13.1 Å². The monoisotopic (exact) mass is 394 g/mol. The zero-order valence-electron chi connectivity index (χ0n) is 14.1. The molecule has 0 unspecified atom stereocenters. The van der Waals surface area contributed by atoms with Crippen molar-refractivity contribution in [3.8, 4) is 5.75 Å². The number of phenolic OH excluding ortho intramolecular Hbond substituents is 1. The number of halogens is 2. The molecular weight excluding hydrogens is 367 g/mol. The molecule has 0 atom stereocenters. The maximum atomic E-state index is 8.63. The minimum Gasteiger partial charge on any atom is -0.508 e. The molecule has 125 valence electrons. The van der Waals surface area contributed by atoms with Crippen molar-refractivity contribution in [3.63, 3.8) is 0 Å². The van der Waals surface area contributed by atoms with Crippen molar-refractivity contribution in [2.45, 2.75) is 40.3 Å². The summed E-state index contributed by atoms with van der Waals surface area (Å²) in [7, 11) is 0.750. The van der Waals surface area contributed by atoms with Gasteiger partial charge >= 0.3 is 0 Å². The van der Waals surface area contributed by atoms with Crippen molar-refractivity contribution < 1.29 is 26.8 Å². The average Bonchev–Trinajstić information content (AvgIpc) is 2.85. The van der Waals surface area contributed by atoms with Gasteiger partial charge in [0, 0.05) is 31.2 Å². The van der Waals surface area contributed by atoms with E-state index in [1.165, 1.54) is 5.57 Å². The zero-order valence-corrected chi connectivity index (χ0v) is 18.4. The van der Waals surface area contributed by atoms with Crippen LogP contribution < -0.4 is 0 Å². The molecule has 0 saturated carbocycles. The number of para-hydroxylation sites is 1. The molecule has 0 bridgehead atoms. The van der Waals surface area contributed by atoms with Crippen LogP contribution in [0.1, 0.15) is 27.2 Å². The first-order valence-corrected chi connectivity index (χ1v) is 8.98. The minimum absolute atomic E-state index is 0. The first-order valence-electron chi connectivity index (χ1n) is 6.67. The van der Waals surface area contributed by atoms with Crippen LogP contribution in [-0.2, 0) is 21.7 Å². The van der Waals surface area contributed by atoms with E-state index in [1.54, 1.807) is 24.3 Å². The van der Waals surface area contributed by atoms with Gasteiger partial charge in [0.1, 0.15) is 5.75 Å². The van der Waals surface area contributed by atoms with Gasteiger partial charge in [-0.15, -0.1) is 31.2 Å². The number of rotatable bonds is 0. The number of phenols is 1. The Bertz CT molecular complexity index is 401. The second kappa shape index (κ2) is 17.4. The minimum atomic E-state index is 0. The van der Waals surface area contributed by atoms with Crippen molar-refractivity contribution in [2.75, 3.05) is 0 Å². The molecular formula is C17H28Cl2OSiTi-. The summed E-state index contributed by atoms with van der Waals surface area (Å²) >= 11 is 0. The topological polar surface area (TPSA) is 20.2 Å². The van der Waals surface area contributed by atoms with Crippen LogP contribution in [0.25, 0.3) is 0 Å². The van der Waals surface area contributed by atoms with E-state index in [1.807, 2.05) is 6.07 Å². The van der Waals surface area contributed by atoms with Crippen LogP contribution in [-0.4, -0.2) is 14.6 Å². The summed E-state index contributed by atoms with van der Waals surface area (Å²) in [6, 6.07) is 8.71. The van der Waals surface area contributed by atoms with Gasteiger partial charge in [-0.25, -0.2) is 11.6 Å². The smallest absolute Gasteiger partial charge is 0.115 e. The molecule has 1 radical (unpaired) electrons. The largest absolute Gasteiger partial charge is 0.508 e. The number of benzene rings is 1. The fourth-order valence-electron chi connectivity index (χ4n) is 1.35. The summed E-state index contributed by atoms with van der Waals surface area (Å²) in [6.07, 6.45) is 8.63. The summed E-state index contributed by atoms with van der Waals surface area (Å²) < 4.78 is 0. The first-order chi connectivity index (χ1) is 8.91. The van der Waals surface area contributed by atoms with E-state index in [2.05, 4.69) is 52.1 Å². The van der Waals surface area contributed by atoms with E-state index in [0.717, 1.165) is 15.9 Å². The predicted octanol–water partition coefficient (Wildman–Crippen LogP) is 5.47. The van der Waals surface area contributed by atoms with E-state index < -0.39 is 0 Å². The average molecular weight is 395 g/mol. The van der Waals surface area contributed by atoms with Crippen molar-refractivity contribution in [1.82, 2.24) is 0 Å². The van der Waals surface area contributed by atoms with E-state index in [9.17, 15) is 0 Å². The standard InChI is InChI=1S/C9H13.C6H6O.C2H7Si.2ClH.Ti/c1-9(2,3)8-6-4-5-7-8;7-6-4-2-1-3-5-6;1-3-2;;;/h4,6H,5H2,1-3H3;1-5,7H;3H,1-2H3;2*1H;/q-1;;;;;. The Morgan fingerprint density at radius 2 is 1.50 bits per heavy atom. The van der Waals surface area contributed by atoms with Gasteiger partial charge in [0.15, 0.2) is 0 Å². The Morgan fingerprint density at radius 3 is 1.68 bits per heavy atom. The Hall–Kier alpha value is 0.0112. The molecule has 0 saturated heterocycles. The molecule has 0 fully saturated rings. The molecule has 22 heavy (non-hydrogen) atoms. The summed E-state index contributed by atoms with van der Waals surface area (Å²) in [4.78, 5) is 0. The van der Waals surface area contributed by atoms with Crippen LogP contribution in [0.3, 0.4) is 0 Å². The number of aromatic hydroxyl groups is 1. The van der Waals surface area contributed by atoms with E-state index >= 15 is 0 Å². The molecule has 0 heterocycles. The SMILES string of the molecule is CC(C)(C)C1=[C-]CC=C1.C[SiH]C.Cl.Cl.Oc1ccccc1.[Ti]. The van der Waals surface area contributed by atoms with E-state index in [0.29, 0.717) is 11.2 Å². The molecule has 2 rings (SSSR count). The summed E-state index contributed by atoms with van der Waals surface area (Å²) in [6.45, 7) is 11.1. The maximum absolute atomic E-state index is 8.63. The van der Waals surface area contributed by atoms with Crippen molar-refractivity contribution in [1.29, 1.82) is 0 Å². The third-order valence-corrected chi connectivity index (χ3v) is 2.26. The Labute approximate surface area is 166 Å². The summed E-state index contributed by atoms with van der Waals surface area (Å²) in [5.74, 6) is 0.322. The number of hydrogen-bond acceptors (Lipinski definition) is 1. The van der Waals surface area contributed by atoms with Gasteiger partial charge in [-0.1, -0.05) is 52.1 Å². The molecule has 1 aliphatic rings. The summed E-state index contributed by atoms with van der Waals surface area (Å²) in [5, 5.41) is 8.63. The van der Waals surface area contributed by atoms with Crippen LogP contribution in [0.15, 0.2) is 48.1 Å². The summed E-state index contributed by atoms with van der Waals surface area (Å²) in [5.41, 5.74) is 1.65. The van der Waals surface area contributed by atoms with E-state index in [-0.39, 0.29) is 46.5 Å². The molecule has 0 amide bonds. The van der Waals surface area contributed by atoms with Gasteiger partial charge in [0.05, 0.1) is 0 Å². The molecule has 0 aromatic heterocycles. The first kappa shape index (κ1) is 30.0. The second-order valence-corrected chi connectivity index (χ2v) is 6.51. The molecule has 1 aromatic rings. The normalized spacial score (nSPS) is 11.0. The van der Waals surface area contributed by atoms with Gasteiger partial charge in [0.2, 0.25) is 0 Å². The molecule has 5 heteroatoms. The quantitative estimate of drug-likeness (QED) is 0.456. The molecule has 1 aromatic carbocycles. The molecule has 0 aliphatic heterocycles. The van der Waals surface area contributed by atoms with Gasteiger partial charge in [-0.3, -0.25) is 6.08 Å². The maximum Gasteiger partial charge on any atom is 0.115 e. The third-order valence-electron chi connectivity index (χ3n) is 2.26. The van der Waals surface area contributed by atoms with Crippen molar-refractivity contribution in [2.24, 2.45) is 5.41 Å².